The Kier molecular flexibility index (Phi) is 8.73. The average molecular weight is 427 g/mol. The lowest BCUT2D eigenvalue weighted by atomic mass is 9.90. The standard InChI is InChI=1S/C19H27N3O2.C5H4FN/c1-5-22-11-17(14(3)20)24-12-19(10-16(19)18(23)21-4)15-9-7-6-8-13(15)2;6-5-2-1-3-7-4-5/h6-9,11,16H,5,10,12,20H2,1-4H3,(H,21,23);1-4H/b17-14+,22-11?;. The fourth-order valence-corrected chi connectivity index (χ4v) is 3.47. The van der Waals surface area contributed by atoms with Crippen molar-refractivity contribution in [3.05, 3.63) is 77.2 Å². The summed E-state index contributed by atoms with van der Waals surface area (Å²) >= 11 is 0. The van der Waals surface area contributed by atoms with Crippen molar-refractivity contribution in [2.75, 3.05) is 20.2 Å². The molecule has 1 saturated carbocycles. The van der Waals surface area contributed by atoms with Gasteiger partial charge in [0, 0.05) is 30.9 Å². The number of allylic oxidation sites excluding steroid dienone is 2. The molecule has 1 aliphatic rings. The number of ether oxygens (including phenoxy) is 1. The number of halogens is 1. The molecule has 3 N–H and O–H groups in total. The summed E-state index contributed by atoms with van der Waals surface area (Å²) in [5, 5.41) is 2.76. The zero-order valence-corrected chi connectivity index (χ0v) is 18.6. The number of pyridine rings is 1. The molecule has 31 heavy (non-hydrogen) atoms. The molecule has 1 amide bonds. The van der Waals surface area contributed by atoms with Crippen LogP contribution in [0.25, 0.3) is 0 Å². The van der Waals surface area contributed by atoms with Gasteiger partial charge in [-0.1, -0.05) is 24.3 Å². The number of nitrogens with two attached hydrogens (primary N) is 1. The van der Waals surface area contributed by atoms with E-state index in [1.807, 2.05) is 19.1 Å². The van der Waals surface area contributed by atoms with Crippen LogP contribution in [0.2, 0.25) is 0 Å². The van der Waals surface area contributed by atoms with Crippen LogP contribution in [-0.2, 0) is 14.9 Å². The SMILES string of the molecule is CCN=C/C(OCC1(c2ccccc2C)CC1C(=O)NC)=C(/C)N.Fc1cccnc1. The maximum Gasteiger partial charge on any atom is 0.223 e. The molecule has 1 fully saturated rings. The van der Waals surface area contributed by atoms with Crippen LogP contribution in [0.4, 0.5) is 4.39 Å². The Morgan fingerprint density at radius 2 is 2.13 bits per heavy atom. The van der Waals surface area contributed by atoms with Crippen molar-refractivity contribution in [3.63, 3.8) is 0 Å². The third-order valence-electron chi connectivity index (χ3n) is 5.21. The quantitative estimate of drug-likeness (QED) is 0.524. The van der Waals surface area contributed by atoms with Crippen LogP contribution >= 0.6 is 0 Å². The molecule has 1 aromatic carbocycles. The number of hydrogen-bond acceptors (Lipinski definition) is 5. The largest absolute Gasteiger partial charge is 0.489 e. The number of carbonyl (C=O) groups excluding carboxylic acids is 1. The van der Waals surface area contributed by atoms with E-state index in [-0.39, 0.29) is 23.1 Å². The summed E-state index contributed by atoms with van der Waals surface area (Å²) in [7, 11) is 1.67. The Bertz CT molecular complexity index is 926. The van der Waals surface area contributed by atoms with Crippen LogP contribution in [0.1, 0.15) is 31.4 Å². The van der Waals surface area contributed by atoms with Gasteiger partial charge in [-0.2, -0.15) is 0 Å². The highest BCUT2D eigenvalue weighted by molar-refractivity contribution is 5.84. The number of aryl methyl sites for hydroxylation is 1. The molecule has 0 spiro atoms. The molecule has 2 atom stereocenters. The minimum absolute atomic E-state index is 0.0547. The number of carbonyl (C=O) groups is 1. The van der Waals surface area contributed by atoms with Crippen molar-refractivity contribution in [1.29, 1.82) is 0 Å². The number of rotatable bonds is 7. The van der Waals surface area contributed by atoms with E-state index >= 15 is 0 Å². The van der Waals surface area contributed by atoms with E-state index in [2.05, 4.69) is 34.3 Å². The van der Waals surface area contributed by atoms with E-state index in [9.17, 15) is 9.18 Å². The lowest BCUT2D eigenvalue weighted by Crippen LogP contribution is -2.28. The van der Waals surface area contributed by atoms with E-state index in [4.69, 9.17) is 10.5 Å². The molecule has 166 valence electrons. The molecule has 6 nitrogen and oxygen atoms in total. The summed E-state index contributed by atoms with van der Waals surface area (Å²) in [6.07, 6.45) is 5.14. The van der Waals surface area contributed by atoms with Crippen molar-refractivity contribution in [3.8, 4) is 0 Å². The van der Waals surface area contributed by atoms with Gasteiger partial charge < -0.3 is 15.8 Å². The highest BCUT2D eigenvalue weighted by Crippen LogP contribution is 2.55. The third kappa shape index (κ3) is 6.38. The number of amides is 1. The molecule has 1 heterocycles. The first-order chi connectivity index (χ1) is 14.9. The van der Waals surface area contributed by atoms with Gasteiger partial charge >= 0.3 is 0 Å². The Morgan fingerprint density at radius 3 is 2.65 bits per heavy atom. The maximum absolute atomic E-state index is 12.2. The Balaban J connectivity index is 0.000000412. The van der Waals surface area contributed by atoms with Gasteiger partial charge in [-0.25, -0.2) is 4.39 Å². The van der Waals surface area contributed by atoms with E-state index in [0.29, 0.717) is 24.6 Å². The first kappa shape index (κ1) is 24.1. The molecule has 3 rings (SSSR count). The molecule has 0 saturated heterocycles. The summed E-state index contributed by atoms with van der Waals surface area (Å²) in [6, 6.07) is 11.1. The van der Waals surface area contributed by atoms with Crippen molar-refractivity contribution < 1.29 is 13.9 Å². The van der Waals surface area contributed by atoms with Crippen LogP contribution < -0.4 is 11.1 Å². The predicted molar refractivity (Wildman–Crippen MR) is 121 cm³/mol. The Labute approximate surface area is 183 Å². The molecule has 7 heteroatoms. The summed E-state index contributed by atoms with van der Waals surface area (Å²) in [5.74, 6) is 0.264. The van der Waals surface area contributed by atoms with Gasteiger partial charge in [0.1, 0.15) is 5.82 Å². The van der Waals surface area contributed by atoms with Gasteiger partial charge in [0.05, 0.1) is 24.9 Å². The van der Waals surface area contributed by atoms with Gasteiger partial charge in [-0.05, 0) is 50.5 Å². The number of benzene rings is 1. The predicted octanol–water partition coefficient (Wildman–Crippen LogP) is 3.52. The molecule has 0 bridgehead atoms. The maximum atomic E-state index is 12.2. The number of nitrogens with zero attached hydrogens (tertiary/aromatic N) is 2. The van der Waals surface area contributed by atoms with Crippen molar-refractivity contribution in [2.45, 2.75) is 32.6 Å². The number of aliphatic imine (C=N–C) groups is 1. The van der Waals surface area contributed by atoms with E-state index < -0.39 is 0 Å². The Hall–Kier alpha value is -3.22. The smallest absolute Gasteiger partial charge is 0.223 e. The molecule has 0 aliphatic heterocycles. The van der Waals surface area contributed by atoms with E-state index in [1.165, 1.54) is 29.6 Å². The minimum atomic E-state index is -0.299. The van der Waals surface area contributed by atoms with Crippen LogP contribution in [0, 0.1) is 18.7 Å². The molecule has 0 radical (unpaired) electrons. The number of nitrogens with one attached hydrogen (secondary N) is 1. The summed E-state index contributed by atoms with van der Waals surface area (Å²) in [4.78, 5) is 19.9. The molecular formula is C24H31FN4O2. The minimum Gasteiger partial charge on any atom is -0.489 e. The second kappa shape index (κ2) is 11.2. The zero-order chi connectivity index (χ0) is 22.9. The summed E-state index contributed by atoms with van der Waals surface area (Å²) < 4.78 is 17.8. The Morgan fingerprint density at radius 1 is 1.39 bits per heavy atom. The molecule has 1 aliphatic carbocycles. The third-order valence-corrected chi connectivity index (χ3v) is 5.21. The molecule has 1 aromatic heterocycles. The van der Waals surface area contributed by atoms with Crippen molar-refractivity contribution >= 4 is 12.1 Å². The number of hydrogen-bond donors (Lipinski definition) is 2. The second-order valence-electron chi connectivity index (χ2n) is 7.48. The first-order valence-electron chi connectivity index (χ1n) is 10.3. The summed E-state index contributed by atoms with van der Waals surface area (Å²) in [5.41, 5.74) is 8.53. The lowest BCUT2D eigenvalue weighted by molar-refractivity contribution is -0.122. The van der Waals surface area contributed by atoms with Gasteiger partial charge in [0.15, 0.2) is 5.76 Å². The normalized spacial score (nSPS) is 20.4. The number of aromatic nitrogens is 1. The fraction of sp³-hybridized carbons (Fsp3) is 0.375. The second-order valence-corrected chi connectivity index (χ2v) is 7.48. The monoisotopic (exact) mass is 426 g/mol. The van der Waals surface area contributed by atoms with Crippen LogP contribution in [0.3, 0.4) is 0 Å². The topological polar surface area (TPSA) is 89.6 Å². The van der Waals surface area contributed by atoms with Crippen LogP contribution in [0.15, 0.2) is 65.2 Å². The van der Waals surface area contributed by atoms with Gasteiger partial charge in [0.2, 0.25) is 5.91 Å². The van der Waals surface area contributed by atoms with E-state index in [0.717, 1.165) is 6.42 Å². The highest BCUT2D eigenvalue weighted by Gasteiger charge is 2.60. The molecule has 2 aromatic rings. The first-order valence-corrected chi connectivity index (χ1v) is 10.3. The molecular weight excluding hydrogens is 395 g/mol. The van der Waals surface area contributed by atoms with Gasteiger partial charge in [0.25, 0.3) is 0 Å². The average Bonchev–Trinajstić information content (AvgIpc) is 3.49. The summed E-state index contributed by atoms with van der Waals surface area (Å²) in [6.45, 7) is 6.90. The fourth-order valence-electron chi connectivity index (χ4n) is 3.47. The van der Waals surface area contributed by atoms with E-state index in [1.54, 1.807) is 26.3 Å². The molecule has 2 unspecified atom stereocenters. The lowest BCUT2D eigenvalue weighted by Gasteiger charge is -2.21. The zero-order valence-electron chi connectivity index (χ0n) is 18.6. The van der Waals surface area contributed by atoms with Gasteiger partial charge in [-0.15, -0.1) is 0 Å². The van der Waals surface area contributed by atoms with Crippen molar-refractivity contribution in [1.82, 2.24) is 10.3 Å². The van der Waals surface area contributed by atoms with Crippen LogP contribution in [-0.4, -0.2) is 37.3 Å². The van der Waals surface area contributed by atoms with Crippen molar-refractivity contribution in [2.24, 2.45) is 16.6 Å². The van der Waals surface area contributed by atoms with Crippen LogP contribution in [0.5, 0.6) is 0 Å². The van der Waals surface area contributed by atoms with Gasteiger partial charge in [-0.3, -0.25) is 14.8 Å². The highest BCUT2D eigenvalue weighted by atomic mass is 19.1.